The lowest BCUT2D eigenvalue weighted by atomic mass is 10.1. The lowest BCUT2D eigenvalue weighted by Gasteiger charge is -2.10. The van der Waals surface area contributed by atoms with Crippen LogP contribution in [0.1, 0.15) is 16.2 Å². The summed E-state index contributed by atoms with van der Waals surface area (Å²) in [4.78, 5) is 17.0. The number of nitrogens with zero attached hydrogens (tertiary/aromatic N) is 5. The second-order valence-electron chi connectivity index (χ2n) is 5.64. The quantitative estimate of drug-likeness (QED) is 0.615. The van der Waals surface area contributed by atoms with Crippen LogP contribution >= 0.6 is 0 Å². The largest absolute Gasteiger partial charge is 0.322 e. The van der Waals surface area contributed by atoms with Crippen molar-refractivity contribution >= 4 is 22.5 Å². The van der Waals surface area contributed by atoms with Gasteiger partial charge in [-0.05, 0) is 47.7 Å². The smallest absolute Gasteiger partial charge is 0.257 e. The van der Waals surface area contributed by atoms with E-state index in [2.05, 4.69) is 25.8 Å². The van der Waals surface area contributed by atoms with E-state index in [1.54, 1.807) is 25.3 Å². The first kappa shape index (κ1) is 15.8. The van der Waals surface area contributed by atoms with Gasteiger partial charge in [0.05, 0.1) is 11.1 Å². The zero-order chi connectivity index (χ0) is 18.1. The SMILES string of the molecule is Cc1nnnn1-c1cc(NC(=O)c2cccc3cccnc23)ccc1F. The second-order valence-corrected chi connectivity index (χ2v) is 5.64. The molecule has 4 aromatic rings. The van der Waals surface area contributed by atoms with Gasteiger partial charge in [0.15, 0.2) is 5.82 Å². The van der Waals surface area contributed by atoms with E-state index in [1.807, 2.05) is 18.2 Å². The van der Waals surface area contributed by atoms with Crippen molar-refractivity contribution < 1.29 is 9.18 Å². The zero-order valence-corrected chi connectivity index (χ0v) is 13.7. The number of amides is 1. The number of rotatable bonds is 3. The maximum Gasteiger partial charge on any atom is 0.257 e. The number of benzene rings is 2. The molecule has 0 aliphatic heterocycles. The van der Waals surface area contributed by atoms with Crippen molar-refractivity contribution in [3.05, 3.63) is 71.9 Å². The average Bonchev–Trinajstić information content (AvgIpc) is 3.08. The van der Waals surface area contributed by atoms with Crippen molar-refractivity contribution in [3.63, 3.8) is 0 Å². The number of nitrogens with one attached hydrogen (secondary N) is 1. The maximum atomic E-state index is 14.1. The van der Waals surface area contributed by atoms with Gasteiger partial charge in [-0.3, -0.25) is 9.78 Å². The molecule has 4 rings (SSSR count). The molecule has 8 heteroatoms. The summed E-state index contributed by atoms with van der Waals surface area (Å²) in [5.74, 6) is -0.392. The Balaban J connectivity index is 1.69. The van der Waals surface area contributed by atoms with E-state index in [-0.39, 0.29) is 11.6 Å². The highest BCUT2D eigenvalue weighted by molar-refractivity contribution is 6.11. The number of hydrogen-bond acceptors (Lipinski definition) is 5. The number of halogens is 1. The molecule has 128 valence electrons. The number of carbonyl (C=O) groups is 1. The molecule has 0 saturated carbocycles. The second kappa shape index (κ2) is 6.32. The van der Waals surface area contributed by atoms with Gasteiger partial charge in [0.1, 0.15) is 11.5 Å². The molecule has 0 fully saturated rings. The minimum atomic E-state index is -0.495. The van der Waals surface area contributed by atoms with Crippen LogP contribution in [0.2, 0.25) is 0 Å². The highest BCUT2D eigenvalue weighted by Crippen LogP contribution is 2.21. The summed E-state index contributed by atoms with van der Waals surface area (Å²) in [6.45, 7) is 1.66. The number of tetrazole rings is 1. The van der Waals surface area contributed by atoms with E-state index in [0.717, 1.165) is 5.39 Å². The van der Waals surface area contributed by atoms with Crippen LogP contribution in [0.4, 0.5) is 10.1 Å². The normalized spacial score (nSPS) is 10.8. The number of aromatic nitrogens is 5. The highest BCUT2D eigenvalue weighted by atomic mass is 19.1. The fraction of sp³-hybridized carbons (Fsp3) is 0.0556. The third-order valence-electron chi connectivity index (χ3n) is 3.93. The molecule has 1 amide bonds. The van der Waals surface area contributed by atoms with Gasteiger partial charge in [0, 0.05) is 17.3 Å². The minimum Gasteiger partial charge on any atom is -0.322 e. The highest BCUT2D eigenvalue weighted by Gasteiger charge is 2.14. The van der Waals surface area contributed by atoms with Crippen LogP contribution in [0.15, 0.2) is 54.7 Å². The van der Waals surface area contributed by atoms with Crippen LogP contribution in [0.5, 0.6) is 0 Å². The maximum absolute atomic E-state index is 14.1. The Labute approximate surface area is 147 Å². The van der Waals surface area contributed by atoms with Crippen LogP contribution in [0.25, 0.3) is 16.6 Å². The van der Waals surface area contributed by atoms with Gasteiger partial charge in [-0.2, -0.15) is 4.68 Å². The molecule has 2 heterocycles. The molecular weight excluding hydrogens is 335 g/mol. The Bertz CT molecular complexity index is 1120. The first-order valence-electron chi connectivity index (χ1n) is 7.83. The van der Waals surface area contributed by atoms with Crippen molar-refractivity contribution in [3.8, 4) is 5.69 Å². The molecule has 0 spiro atoms. The zero-order valence-electron chi connectivity index (χ0n) is 13.7. The monoisotopic (exact) mass is 348 g/mol. The molecule has 0 saturated heterocycles. The first-order valence-corrected chi connectivity index (χ1v) is 7.83. The van der Waals surface area contributed by atoms with Gasteiger partial charge >= 0.3 is 0 Å². The molecule has 7 nitrogen and oxygen atoms in total. The van der Waals surface area contributed by atoms with E-state index in [0.29, 0.717) is 22.6 Å². The fourth-order valence-electron chi connectivity index (χ4n) is 2.69. The standard InChI is InChI=1S/C18H13FN6O/c1-11-22-23-24-25(11)16-10-13(7-8-15(16)19)21-18(26)14-6-2-4-12-5-3-9-20-17(12)14/h2-10H,1H3,(H,21,26). The molecular formula is C18H13FN6O. The summed E-state index contributed by atoms with van der Waals surface area (Å²) < 4.78 is 15.4. The summed E-state index contributed by atoms with van der Waals surface area (Å²) in [5.41, 5.74) is 1.62. The van der Waals surface area contributed by atoms with Gasteiger partial charge in [0.25, 0.3) is 5.91 Å². The third kappa shape index (κ3) is 2.77. The first-order chi connectivity index (χ1) is 12.6. The van der Waals surface area contributed by atoms with Crippen molar-refractivity contribution in [2.45, 2.75) is 6.92 Å². The number of anilines is 1. The topological polar surface area (TPSA) is 85.6 Å². The number of aryl methyl sites for hydroxylation is 1. The Kier molecular flexibility index (Phi) is 3.85. The van der Waals surface area contributed by atoms with E-state index in [9.17, 15) is 9.18 Å². The van der Waals surface area contributed by atoms with Gasteiger partial charge in [-0.15, -0.1) is 5.10 Å². The summed E-state index contributed by atoms with van der Waals surface area (Å²) in [5, 5.41) is 14.7. The third-order valence-corrected chi connectivity index (χ3v) is 3.93. The number of fused-ring (bicyclic) bond motifs is 1. The van der Waals surface area contributed by atoms with Gasteiger partial charge in [-0.25, -0.2) is 4.39 Å². The fourth-order valence-corrected chi connectivity index (χ4v) is 2.69. The summed E-state index contributed by atoms with van der Waals surface area (Å²) >= 11 is 0. The van der Waals surface area contributed by atoms with E-state index >= 15 is 0 Å². The van der Waals surface area contributed by atoms with Gasteiger partial charge in [-0.1, -0.05) is 18.2 Å². The number of pyridine rings is 1. The summed E-state index contributed by atoms with van der Waals surface area (Å²) in [6.07, 6.45) is 1.63. The van der Waals surface area contributed by atoms with Crippen LogP contribution < -0.4 is 5.32 Å². The average molecular weight is 348 g/mol. The Hall–Kier alpha value is -3.68. The van der Waals surface area contributed by atoms with E-state index < -0.39 is 5.82 Å². The molecule has 1 N–H and O–H groups in total. The van der Waals surface area contributed by atoms with Crippen LogP contribution in [-0.4, -0.2) is 31.1 Å². The summed E-state index contributed by atoms with van der Waals surface area (Å²) in [7, 11) is 0. The number of para-hydroxylation sites is 1. The lowest BCUT2D eigenvalue weighted by Crippen LogP contribution is -2.13. The number of hydrogen-bond donors (Lipinski definition) is 1. The van der Waals surface area contributed by atoms with Gasteiger partial charge < -0.3 is 5.32 Å². The predicted octanol–water partition coefficient (Wildman–Crippen LogP) is 2.91. The van der Waals surface area contributed by atoms with Crippen molar-refractivity contribution in [1.82, 2.24) is 25.2 Å². The van der Waals surface area contributed by atoms with E-state index in [1.165, 1.54) is 22.9 Å². The molecule has 26 heavy (non-hydrogen) atoms. The van der Waals surface area contributed by atoms with Gasteiger partial charge in [0.2, 0.25) is 0 Å². The molecule has 2 aromatic heterocycles. The molecule has 2 aromatic carbocycles. The van der Waals surface area contributed by atoms with Crippen LogP contribution in [-0.2, 0) is 0 Å². The predicted molar refractivity (Wildman–Crippen MR) is 93.5 cm³/mol. The molecule has 0 bridgehead atoms. The molecule has 0 unspecified atom stereocenters. The lowest BCUT2D eigenvalue weighted by molar-refractivity contribution is 0.102. The Morgan fingerprint density at radius 3 is 2.81 bits per heavy atom. The number of carbonyl (C=O) groups excluding carboxylic acids is 1. The molecule has 0 radical (unpaired) electrons. The molecule has 0 aliphatic carbocycles. The van der Waals surface area contributed by atoms with Crippen LogP contribution in [0, 0.1) is 12.7 Å². The molecule has 0 aliphatic rings. The van der Waals surface area contributed by atoms with Crippen molar-refractivity contribution in [2.24, 2.45) is 0 Å². The van der Waals surface area contributed by atoms with E-state index in [4.69, 9.17) is 0 Å². The summed E-state index contributed by atoms with van der Waals surface area (Å²) in [6, 6.07) is 13.3. The Morgan fingerprint density at radius 2 is 2.00 bits per heavy atom. The Morgan fingerprint density at radius 1 is 1.15 bits per heavy atom. The minimum absolute atomic E-state index is 0.154. The molecule has 0 atom stereocenters. The van der Waals surface area contributed by atoms with Crippen LogP contribution in [0.3, 0.4) is 0 Å². The van der Waals surface area contributed by atoms with Crippen molar-refractivity contribution in [1.29, 1.82) is 0 Å². The van der Waals surface area contributed by atoms with Crippen molar-refractivity contribution in [2.75, 3.05) is 5.32 Å².